The maximum Gasteiger partial charge on any atom is 0.133 e. The van der Waals surface area contributed by atoms with Crippen molar-refractivity contribution in [1.29, 1.82) is 0 Å². The molecular weight excluding hydrogens is 206 g/mol. The summed E-state index contributed by atoms with van der Waals surface area (Å²) in [6.07, 6.45) is 4.06. The van der Waals surface area contributed by atoms with Gasteiger partial charge < -0.3 is 14.0 Å². The first-order valence-electron chi connectivity index (χ1n) is 5.82. The summed E-state index contributed by atoms with van der Waals surface area (Å²) in [5.41, 5.74) is 1.01. The fraction of sp³-hybridized carbons (Fsp3) is 0.750. The number of aryl methyl sites for hydroxylation is 2. The molecule has 0 atom stereocenters. The zero-order valence-electron chi connectivity index (χ0n) is 10.2. The third-order valence-electron chi connectivity index (χ3n) is 2.29. The molecule has 0 saturated heterocycles. The van der Waals surface area contributed by atoms with Gasteiger partial charge in [0.15, 0.2) is 0 Å². The summed E-state index contributed by atoms with van der Waals surface area (Å²) in [7, 11) is 1.72. The molecule has 0 unspecified atom stereocenters. The second-order valence-electron chi connectivity index (χ2n) is 3.84. The zero-order valence-corrected chi connectivity index (χ0v) is 10.2. The van der Waals surface area contributed by atoms with Gasteiger partial charge in [0, 0.05) is 33.0 Å². The molecule has 0 saturated carbocycles. The largest absolute Gasteiger partial charge is 0.385 e. The van der Waals surface area contributed by atoms with E-state index in [2.05, 4.69) is 5.16 Å². The van der Waals surface area contributed by atoms with Crippen LogP contribution in [0.4, 0.5) is 0 Å². The van der Waals surface area contributed by atoms with E-state index in [1.165, 1.54) is 0 Å². The van der Waals surface area contributed by atoms with Gasteiger partial charge in [-0.2, -0.15) is 0 Å². The first-order chi connectivity index (χ1) is 7.83. The lowest BCUT2D eigenvalue weighted by Gasteiger charge is -2.02. The van der Waals surface area contributed by atoms with Crippen LogP contribution in [0, 0.1) is 6.92 Å². The van der Waals surface area contributed by atoms with Gasteiger partial charge in [-0.25, -0.2) is 0 Å². The molecule has 92 valence electrons. The van der Waals surface area contributed by atoms with Gasteiger partial charge in [0.05, 0.1) is 5.69 Å². The van der Waals surface area contributed by atoms with E-state index in [0.29, 0.717) is 0 Å². The summed E-state index contributed by atoms with van der Waals surface area (Å²) in [5, 5.41) is 3.93. The number of nitrogens with zero attached hydrogens (tertiary/aromatic N) is 1. The van der Waals surface area contributed by atoms with Crippen LogP contribution in [0.3, 0.4) is 0 Å². The molecule has 4 nitrogen and oxygen atoms in total. The minimum Gasteiger partial charge on any atom is -0.385 e. The molecule has 0 N–H and O–H groups in total. The molecule has 0 aliphatic rings. The fourth-order valence-electron chi connectivity index (χ4n) is 1.44. The second-order valence-corrected chi connectivity index (χ2v) is 3.84. The number of rotatable bonds is 9. The van der Waals surface area contributed by atoms with E-state index in [9.17, 15) is 0 Å². The minimum absolute atomic E-state index is 0.791. The Kier molecular flexibility index (Phi) is 6.85. The highest BCUT2D eigenvalue weighted by Gasteiger charge is 1.99. The normalized spacial score (nSPS) is 10.9. The number of methoxy groups -OCH3 is 1. The smallest absolute Gasteiger partial charge is 0.133 e. The number of hydrogen-bond acceptors (Lipinski definition) is 4. The summed E-state index contributed by atoms with van der Waals surface area (Å²) in [6, 6.07) is 1.97. The van der Waals surface area contributed by atoms with Crippen molar-refractivity contribution in [1.82, 2.24) is 5.16 Å². The van der Waals surface area contributed by atoms with Gasteiger partial charge in [0.25, 0.3) is 0 Å². The van der Waals surface area contributed by atoms with Crippen LogP contribution in [-0.4, -0.2) is 32.1 Å². The van der Waals surface area contributed by atoms with Crippen molar-refractivity contribution in [2.45, 2.75) is 32.6 Å². The van der Waals surface area contributed by atoms with E-state index in [1.54, 1.807) is 7.11 Å². The molecular formula is C12H21NO3. The second kappa shape index (κ2) is 8.30. The lowest BCUT2D eigenvalue weighted by Crippen LogP contribution is -2.00. The Morgan fingerprint density at radius 2 is 1.94 bits per heavy atom. The van der Waals surface area contributed by atoms with Gasteiger partial charge in [0.1, 0.15) is 5.76 Å². The van der Waals surface area contributed by atoms with E-state index in [-0.39, 0.29) is 0 Å². The highest BCUT2D eigenvalue weighted by Crippen LogP contribution is 2.04. The van der Waals surface area contributed by atoms with Gasteiger partial charge in [-0.05, 0) is 32.6 Å². The topological polar surface area (TPSA) is 44.5 Å². The van der Waals surface area contributed by atoms with Crippen LogP contribution in [0.2, 0.25) is 0 Å². The van der Waals surface area contributed by atoms with Crippen LogP contribution in [0.5, 0.6) is 0 Å². The van der Waals surface area contributed by atoms with Crippen LogP contribution in [0.1, 0.15) is 30.7 Å². The number of hydrogen-bond donors (Lipinski definition) is 0. The molecule has 0 bridgehead atoms. The van der Waals surface area contributed by atoms with E-state index in [1.807, 2.05) is 13.0 Å². The average molecular weight is 227 g/mol. The van der Waals surface area contributed by atoms with Crippen LogP contribution in [0.25, 0.3) is 0 Å². The van der Waals surface area contributed by atoms with Gasteiger partial charge in [-0.15, -0.1) is 0 Å². The van der Waals surface area contributed by atoms with Crippen molar-refractivity contribution in [2.75, 3.05) is 26.9 Å². The van der Waals surface area contributed by atoms with Crippen molar-refractivity contribution in [2.24, 2.45) is 0 Å². The molecule has 0 amide bonds. The molecule has 0 aliphatic carbocycles. The van der Waals surface area contributed by atoms with Crippen molar-refractivity contribution in [3.8, 4) is 0 Å². The van der Waals surface area contributed by atoms with Gasteiger partial charge in [-0.1, -0.05) is 5.16 Å². The van der Waals surface area contributed by atoms with E-state index in [0.717, 1.165) is 57.0 Å². The van der Waals surface area contributed by atoms with Crippen LogP contribution < -0.4 is 0 Å². The van der Waals surface area contributed by atoms with Crippen molar-refractivity contribution < 1.29 is 14.0 Å². The summed E-state index contributed by atoms with van der Waals surface area (Å²) < 4.78 is 15.4. The highest BCUT2D eigenvalue weighted by molar-refractivity contribution is 5.03. The lowest BCUT2D eigenvalue weighted by molar-refractivity contribution is 0.117. The molecule has 1 rings (SSSR count). The Hall–Kier alpha value is -0.870. The quantitative estimate of drug-likeness (QED) is 0.607. The molecule has 0 aromatic carbocycles. The maximum absolute atomic E-state index is 5.49. The molecule has 1 aromatic heterocycles. The summed E-state index contributed by atoms with van der Waals surface area (Å²) >= 11 is 0. The first-order valence-corrected chi connectivity index (χ1v) is 5.82. The summed E-state index contributed by atoms with van der Waals surface area (Å²) in [5.74, 6) is 0.871. The molecule has 1 aromatic rings. The standard InChI is InChI=1S/C12H21NO3/c1-11-10-12(13-16-11)6-5-9-15-8-4-3-7-14-2/h10H,3-9H2,1-2H3. The van der Waals surface area contributed by atoms with Crippen molar-refractivity contribution in [3.05, 3.63) is 17.5 Å². The van der Waals surface area contributed by atoms with Crippen LogP contribution in [-0.2, 0) is 15.9 Å². The molecule has 0 aliphatic heterocycles. The Labute approximate surface area is 96.9 Å². The van der Waals surface area contributed by atoms with E-state index < -0.39 is 0 Å². The number of ether oxygens (including phenoxy) is 2. The van der Waals surface area contributed by atoms with E-state index >= 15 is 0 Å². The fourth-order valence-corrected chi connectivity index (χ4v) is 1.44. The van der Waals surface area contributed by atoms with Crippen molar-refractivity contribution in [3.63, 3.8) is 0 Å². The Morgan fingerprint density at radius 1 is 1.19 bits per heavy atom. The third-order valence-corrected chi connectivity index (χ3v) is 2.29. The SMILES string of the molecule is COCCCCOCCCc1cc(C)on1. The first kappa shape index (κ1) is 13.2. The van der Waals surface area contributed by atoms with Gasteiger partial charge >= 0.3 is 0 Å². The number of aromatic nitrogens is 1. The molecule has 0 spiro atoms. The Bertz CT molecular complexity index is 273. The van der Waals surface area contributed by atoms with Crippen LogP contribution >= 0.6 is 0 Å². The van der Waals surface area contributed by atoms with E-state index in [4.69, 9.17) is 14.0 Å². The van der Waals surface area contributed by atoms with Crippen LogP contribution in [0.15, 0.2) is 10.6 Å². The van der Waals surface area contributed by atoms with Gasteiger partial charge in [-0.3, -0.25) is 0 Å². The molecule has 0 fully saturated rings. The molecule has 4 heteroatoms. The predicted molar refractivity (Wildman–Crippen MR) is 61.5 cm³/mol. The molecule has 0 radical (unpaired) electrons. The number of unbranched alkanes of at least 4 members (excludes halogenated alkanes) is 1. The highest BCUT2D eigenvalue weighted by atomic mass is 16.5. The maximum atomic E-state index is 5.49. The van der Waals surface area contributed by atoms with Gasteiger partial charge in [0.2, 0.25) is 0 Å². The average Bonchev–Trinajstić information content (AvgIpc) is 2.68. The monoisotopic (exact) mass is 227 g/mol. The Morgan fingerprint density at radius 3 is 2.62 bits per heavy atom. The molecule has 1 heterocycles. The predicted octanol–water partition coefficient (Wildman–Crippen LogP) is 2.36. The molecule has 16 heavy (non-hydrogen) atoms. The summed E-state index contributed by atoms with van der Waals surface area (Å²) in [6.45, 7) is 4.34. The third kappa shape index (κ3) is 5.88. The van der Waals surface area contributed by atoms with Crippen molar-refractivity contribution >= 4 is 0 Å². The zero-order chi connectivity index (χ0) is 11.6. The minimum atomic E-state index is 0.791. The summed E-state index contributed by atoms with van der Waals surface area (Å²) in [4.78, 5) is 0. The Balaban J connectivity index is 1.88. The lowest BCUT2D eigenvalue weighted by atomic mass is 10.2.